The molecule has 0 aromatic rings. The molecular formula is C23H33NO3. The predicted octanol–water partition coefficient (Wildman–Crippen LogP) is 5.11. The molecule has 0 radical (unpaired) electrons. The molecule has 0 aromatic heterocycles. The fraction of sp³-hybridized carbons (Fsp3) is 0.478. The molecule has 0 aromatic carbocycles. The van der Waals surface area contributed by atoms with Crippen molar-refractivity contribution in [2.75, 3.05) is 6.54 Å². The number of carboxylic acids is 1. The minimum absolute atomic E-state index is 0.206. The molecular weight excluding hydrogens is 338 g/mol. The first-order valence-corrected chi connectivity index (χ1v) is 9.55. The van der Waals surface area contributed by atoms with Gasteiger partial charge in [-0.1, -0.05) is 55.4 Å². The lowest BCUT2D eigenvalue weighted by Gasteiger charge is -2.32. The highest BCUT2D eigenvalue weighted by molar-refractivity contribution is 6.16. The molecule has 1 rings (SSSR count). The van der Waals surface area contributed by atoms with Crippen LogP contribution >= 0.6 is 0 Å². The van der Waals surface area contributed by atoms with E-state index in [-0.39, 0.29) is 11.0 Å². The smallest absolute Gasteiger partial charge is 0.341 e. The summed E-state index contributed by atoms with van der Waals surface area (Å²) in [5.74, 6) is -1.78. The number of allylic oxidation sites excluding steroid dienone is 9. The SMILES string of the molecule is CCNC(=O)\C(C(=O)O)=C(C)/C=C/C=C(C)/C=C/C1=C(C)CCCC1(C)C. The molecule has 27 heavy (non-hydrogen) atoms. The highest BCUT2D eigenvalue weighted by atomic mass is 16.4. The van der Waals surface area contributed by atoms with Crippen LogP contribution in [0.1, 0.15) is 60.8 Å². The number of rotatable bonds is 7. The van der Waals surface area contributed by atoms with Crippen molar-refractivity contribution in [3.05, 3.63) is 58.2 Å². The zero-order chi connectivity index (χ0) is 20.6. The lowest BCUT2D eigenvalue weighted by Crippen LogP contribution is -2.28. The molecule has 1 aliphatic carbocycles. The third kappa shape index (κ3) is 6.70. The van der Waals surface area contributed by atoms with Gasteiger partial charge in [-0.3, -0.25) is 4.79 Å². The second kappa shape index (κ2) is 10.1. The van der Waals surface area contributed by atoms with Crippen LogP contribution in [0, 0.1) is 5.41 Å². The van der Waals surface area contributed by atoms with E-state index in [1.165, 1.54) is 24.0 Å². The summed E-state index contributed by atoms with van der Waals surface area (Å²) in [6.07, 6.45) is 13.3. The van der Waals surface area contributed by atoms with Crippen LogP contribution in [-0.4, -0.2) is 23.5 Å². The van der Waals surface area contributed by atoms with Crippen LogP contribution in [0.5, 0.6) is 0 Å². The Kier molecular flexibility index (Phi) is 8.48. The summed E-state index contributed by atoms with van der Waals surface area (Å²) in [4.78, 5) is 23.2. The summed E-state index contributed by atoms with van der Waals surface area (Å²) in [6, 6.07) is 0. The normalized spacial score (nSPS) is 18.8. The van der Waals surface area contributed by atoms with Crippen molar-refractivity contribution in [3.8, 4) is 0 Å². The zero-order valence-corrected chi connectivity index (χ0v) is 17.5. The van der Waals surface area contributed by atoms with E-state index in [9.17, 15) is 14.7 Å². The molecule has 148 valence electrons. The first-order valence-electron chi connectivity index (χ1n) is 9.55. The van der Waals surface area contributed by atoms with E-state index in [0.29, 0.717) is 12.1 Å². The summed E-state index contributed by atoms with van der Waals surface area (Å²) in [5.41, 5.74) is 4.34. The lowest BCUT2D eigenvalue weighted by atomic mass is 9.72. The second-order valence-corrected chi connectivity index (χ2v) is 7.76. The van der Waals surface area contributed by atoms with E-state index in [2.05, 4.69) is 38.2 Å². The van der Waals surface area contributed by atoms with Gasteiger partial charge in [0.25, 0.3) is 5.91 Å². The van der Waals surface area contributed by atoms with Gasteiger partial charge in [0.1, 0.15) is 5.57 Å². The Labute approximate surface area is 163 Å². The third-order valence-corrected chi connectivity index (χ3v) is 4.93. The van der Waals surface area contributed by atoms with Crippen molar-refractivity contribution in [3.63, 3.8) is 0 Å². The van der Waals surface area contributed by atoms with E-state index in [0.717, 1.165) is 12.0 Å². The molecule has 4 nitrogen and oxygen atoms in total. The highest BCUT2D eigenvalue weighted by Gasteiger charge is 2.26. The Balaban J connectivity index is 2.96. The molecule has 2 N–H and O–H groups in total. The van der Waals surface area contributed by atoms with Gasteiger partial charge in [0.2, 0.25) is 0 Å². The van der Waals surface area contributed by atoms with Crippen LogP contribution in [0.25, 0.3) is 0 Å². The van der Waals surface area contributed by atoms with Crippen molar-refractivity contribution in [1.29, 1.82) is 0 Å². The fourth-order valence-corrected chi connectivity index (χ4v) is 3.40. The minimum atomic E-state index is -1.22. The summed E-state index contributed by atoms with van der Waals surface area (Å²) < 4.78 is 0. The summed E-state index contributed by atoms with van der Waals surface area (Å²) in [6.45, 7) is 12.6. The topological polar surface area (TPSA) is 66.4 Å². The maximum Gasteiger partial charge on any atom is 0.341 e. The summed E-state index contributed by atoms with van der Waals surface area (Å²) in [7, 11) is 0. The van der Waals surface area contributed by atoms with Crippen LogP contribution < -0.4 is 5.32 Å². The average Bonchev–Trinajstić information content (AvgIpc) is 2.53. The molecule has 1 aliphatic rings. The summed E-state index contributed by atoms with van der Waals surface area (Å²) in [5, 5.41) is 11.8. The van der Waals surface area contributed by atoms with Crippen molar-refractivity contribution >= 4 is 11.9 Å². The first-order chi connectivity index (χ1) is 12.6. The maximum atomic E-state index is 11.9. The number of carbonyl (C=O) groups is 2. The lowest BCUT2D eigenvalue weighted by molar-refractivity contribution is -0.135. The van der Waals surface area contributed by atoms with Gasteiger partial charge < -0.3 is 10.4 Å². The fourth-order valence-electron chi connectivity index (χ4n) is 3.40. The van der Waals surface area contributed by atoms with Crippen molar-refractivity contribution < 1.29 is 14.7 Å². The number of amides is 1. The van der Waals surface area contributed by atoms with Crippen molar-refractivity contribution in [1.82, 2.24) is 5.32 Å². The van der Waals surface area contributed by atoms with Gasteiger partial charge in [-0.05, 0) is 63.5 Å². The van der Waals surface area contributed by atoms with E-state index < -0.39 is 11.9 Å². The van der Waals surface area contributed by atoms with Crippen LogP contribution in [0.4, 0.5) is 0 Å². The second-order valence-electron chi connectivity index (χ2n) is 7.76. The van der Waals surface area contributed by atoms with Gasteiger partial charge in [-0.25, -0.2) is 4.79 Å². The van der Waals surface area contributed by atoms with Crippen LogP contribution in [0.3, 0.4) is 0 Å². The number of carbonyl (C=O) groups excluding carboxylic acids is 1. The molecule has 0 aliphatic heterocycles. The monoisotopic (exact) mass is 371 g/mol. The van der Waals surface area contributed by atoms with E-state index in [4.69, 9.17) is 0 Å². The van der Waals surface area contributed by atoms with Crippen molar-refractivity contribution in [2.24, 2.45) is 5.41 Å². The number of carboxylic acid groups (broad SMARTS) is 1. The van der Waals surface area contributed by atoms with Crippen LogP contribution in [0.2, 0.25) is 0 Å². The molecule has 0 heterocycles. The zero-order valence-electron chi connectivity index (χ0n) is 17.5. The molecule has 0 unspecified atom stereocenters. The number of nitrogens with one attached hydrogen (secondary N) is 1. The Morgan fingerprint density at radius 3 is 2.44 bits per heavy atom. The molecule has 0 saturated carbocycles. The number of aliphatic carboxylic acids is 1. The van der Waals surface area contributed by atoms with Crippen molar-refractivity contribution in [2.45, 2.75) is 60.8 Å². The average molecular weight is 372 g/mol. The van der Waals surface area contributed by atoms with Gasteiger partial charge >= 0.3 is 5.97 Å². The number of likely N-dealkylation sites (N-methyl/N-ethyl adjacent to an activating group) is 1. The molecule has 1 amide bonds. The Bertz CT molecular complexity index is 731. The molecule has 0 bridgehead atoms. The van der Waals surface area contributed by atoms with Crippen LogP contribution in [-0.2, 0) is 9.59 Å². The van der Waals surface area contributed by atoms with Crippen LogP contribution in [0.15, 0.2) is 58.2 Å². The van der Waals surface area contributed by atoms with E-state index >= 15 is 0 Å². The van der Waals surface area contributed by atoms with Gasteiger partial charge in [0.05, 0.1) is 0 Å². The predicted molar refractivity (Wildman–Crippen MR) is 111 cm³/mol. The van der Waals surface area contributed by atoms with E-state index in [1.54, 1.807) is 26.0 Å². The quantitative estimate of drug-likeness (QED) is 0.283. The Morgan fingerprint density at radius 2 is 1.89 bits per heavy atom. The molecule has 0 spiro atoms. The maximum absolute atomic E-state index is 11.9. The van der Waals surface area contributed by atoms with Gasteiger partial charge in [0.15, 0.2) is 0 Å². The van der Waals surface area contributed by atoms with Gasteiger partial charge in [-0.15, -0.1) is 0 Å². The Morgan fingerprint density at radius 1 is 1.22 bits per heavy atom. The number of hydrogen-bond acceptors (Lipinski definition) is 2. The van der Waals surface area contributed by atoms with E-state index in [1.807, 2.05) is 13.0 Å². The standard InChI is InChI=1S/C23H33NO3/c1-7-24-21(25)20(22(26)27)18(4)11-8-10-16(2)13-14-19-17(3)12-9-15-23(19,5)6/h8,10-11,13-14H,7,9,12,15H2,1-6H3,(H,24,25)(H,26,27)/b11-8+,14-13+,16-10+,20-18+. The Hall–Kier alpha value is -2.36. The molecule has 0 fully saturated rings. The molecule has 4 heteroatoms. The first kappa shape index (κ1) is 22.7. The molecule has 0 saturated heterocycles. The highest BCUT2D eigenvalue weighted by Crippen LogP contribution is 2.40. The summed E-state index contributed by atoms with van der Waals surface area (Å²) >= 11 is 0. The minimum Gasteiger partial charge on any atom is -0.477 e. The number of hydrogen-bond donors (Lipinski definition) is 2. The largest absolute Gasteiger partial charge is 0.477 e. The van der Waals surface area contributed by atoms with Gasteiger partial charge in [-0.2, -0.15) is 0 Å². The van der Waals surface area contributed by atoms with Gasteiger partial charge in [0, 0.05) is 6.54 Å². The molecule has 0 atom stereocenters. The third-order valence-electron chi connectivity index (χ3n) is 4.93.